The van der Waals surface area contributed by atoms with Crippen molar-refractivity contribution in [3.05, 3.63) is 0 Å². The highest BCUT2D eigenvalue weighted by Gasteiger charge is 2.36. The fourth-order valence-corrected chi connectivity index (χ4v) is 2.39. The van der Waals surface area contributed by atoms with E-state index in [1.54, 1.807) is 0 Å². The molecule has 2 aliphatic heterocycles. The van der Waals surface area contributed by atoms with E-state index in [-0.39, 0.29) is 18.8 Å². The van der Waals surface area contributed by atoms with Crippen molar-refractivity contribution in [1.82, 2.24) is 4.90 Å². The van der Waals surface area contributed by atoms with Gasteiger partial charge in [0.15, 0.2) is 6.29 Å². The molecular formula is C11H19NO4. The Kier molecular flexibility index (Phi) is 3.78. The lowest BCUT2D eigenvalue weighted by molar-refractivity contribution is -0.138. The van der Waals surface area contributed by atoms with Crippen molar-refractivity contribution in [1.29, 1.82) is 0 Å². The normalized spacial score (nSPS) is 35.7. The van der Waals surface area contributed by atoms with Gasteiger partial charge < -0.3 is 14.6 Å². The lowest BCUT2D eigenvalue weighted by Gasteiger charge is -2.24. The van der Waals surface area contributed by atoms with Crippen LogP contribution in [0.3, 0.4) is 0 Å². The Morgan fingerprint density at radius 1 is 1.56 bits per heavy atom. The predicted molar refractivity (Wildman–Crippen MR) is 57.1 cm³/mol. The Morgan fingerprint density at radius 3 is 3.00 bits per heavy atom. The molecule has 2 fully saturated rings. The van der Waals surface area contributed by atoms with E-state index < -0.39 is 5.97 Å². The maximum atomic E-state index is 10.4. The summed E-state index contributed by atoms with van der Waals surface area (Å²) in [6.45, 7) is 1.62. The minimum Gasteiger partial charge on any atom is -0.481 e. The fourth-order valence-electron chi connectivity index (χ4n) is 2.39. The molecule has 0 aromatic heterocycles. The van der Waals surface area contributed by atoms with Gasteiger partial charge >= 0.3 is 5.97 Å². The molecule has 0 bridgehead atoms. The van der Waals surface area contributed by atoms with Crippen LogP contribution in [0.2, 0.25) is 0 Å². The molecule has 0 saturated carbocycles. The maximum Gasteiger partial charge on any atom is 0.303 e. The molecule has 2 saturated heterocycles. The number of carboxylic acid groups (broad SMARTS) is 1. The number of hydrogen-bond acceptors (Lipinski definition) is 4. The van der Waals surface area contributed by atoms with Crippen LogP contribution >= 0.6 is 0 Å². The standard InChI is InChI=1S/C11H19NO4/c1-12-6-2-3-9(12)11-15-7-8(16-11)4-5-10(13)14/h8-9,11H,2-7H2,1H3,(H,13,14). The number of likely N-dealkylation sites (N-methyl/N-ethyl adjacent to an activating group) is 1. The van der Waals surface area contributed by atoms with Gasteiger partial charge in [-0.05, 0) is 32.9 Å². The van der Waals surface area contributed by atoms with E-state index >= 15 is 0 Å². The molecule has 0 spiro atoms. The summed E-state index contributed by atoms with van der Waals surface area (Å²) in [7, 11) is 2.08. The van der Waals surface area contributed by atoms with Crippen molar-refractivity contribution < 1.29 is 19.4 Å². The van der Waals surface area contributed by atoms with Gasteiger partial charge in [0.05, 0.1) is 18.8 Å². The van der Waals surface area contributed by atoms with Crippen molar-refractivity contribution >= 4 is 5.97 Å². The van der Waals surface area contributed by atoms with Gasteiger partial charge in [-0.2, -0.15) is 0 Å². The number of carboxylic acids is 1. The summed E-state index contributed by atoms with van der Waals surface area (Å²) in [5, 5.41) is 8.59. The van der Waals surface area contributed by atoms with Crippen molar-refractivity contribution in [3.63, 3.8) is 0 Å². The average molecular weight is 229 g/mol. The lowest BCUT2D eigenvalue weighted by atomic mass is 10.2. The number of aliphatic carboxylic acids is 1. The zero-order valence-electron chi connectivity index (χ0n) is 9.59. The average Bonchev–Trinajstić information content (AvgIpc) is 2.83. The second-order valence-electron chi connectivity index (χ2n) is 4.58. The summed E-state index contributed by atoms with van der Waals surface area (Å²) >= 11 is 0. The van der Waals surface area contributed by atoms with Crippen molar-refractivity contribution in [2.45, 2.75) is 44.1 Å². The van der Waals surface area contributed by atoms with Gasteiger partial charge in [-0.1, -0.05) is 0 Å². The number of ether oxygens (including phenoxy) is 2. The molecule has 2 rings (SSSR count). The molecule has 92 valence electrons. The van der Waals surface area contributed by atoms with E-state index in [9.17, 15) is 4.79 Å². The number of rotatable bonds is 4. The summed E-state index contributed by atoms with van der Waals surface area (Å²) < 4.78 is 11.3. The first-order chi connectivity index (χ1) is 7.66. The Balaban J connectivity index is 1.76. The number of likely N-dealkylation sites (tertiary alicyclic amines) is 1. The second kappa shape index (κ2) is 5.12. The summed E-state index contributed by atoms with van der Waals surface area (Å²) in [5.41, 5.74) is 0. The van der Waals surface area contributed by atoms with E-state index in [0.29, 0.717) is 19.1 Å². The van der Waals surface area contributed by atoms with E-state index in [0.717, 1.165) is 13.0 Å². The number of carbonyl (C=O) groups is 1. The summed E-state index contributed by atoms with van der Waals surface area (Å²) in [4.78, 5) is 12.7. The van der Waals surface area contributed by atoms with Crippen molar-refractivity contribution in [2.75, 3.05) is 20.2 Å². The van der Waals surface area contributed by atoms with Crippen LogP contribution < -0.4 is 0 Å². The van der Waals surface area contributed by atoms with Crippen molar-refractivity contribution in [2.24, 2.45) is 0 Å². The predicted octanol–water partition coefficient (Wildman–Crippen LogP) is 0.687. The molecule has 0 aromatic rings. The molecule has 2 heterocycles. The van der Waals surface area contributed by atoms with Crippen LogP contribution in [0.25, 0.3) is 0 Å². The van der Waals surface area contributed by atoms with Crippen LogP contribution in [0, 0.1) is 0 Å². The van der Waals surface area contributed by atoms with Gasteiger partial charge in [-0.15, -0.1) is 0 Å². The number of hydrogen-bond donors (Lipinski definition) is 1. The van der Waals surface area contributed by atoms with E-state index in [1.165, 1.54) is 6.42 Å². The van der Waals surface area contributed by atoms with Crippen LogP contribution in [0.15, 0.2) is 0 Å². The third kappa shape index (κ3) is 2.72. The van der Waals surface area contributed by atoms with E-state index in [1.807, 2.05) is 0 Å². The molecule has 3 unspecified atom stereocenters. The third-order valence-electron chi connectivity index (χ3n) is 3.34. The Bertz CT molecular complexity index is 258. The van der Waals surface area contributed by atoms with Gasteiger partial charge in [0.1, 0.15) is 0 Å². The summed E-state index contributed by atoms with van der Waals surface area (Å²) in [5.74, 6) is -0.773. The van der Waals surface area contributed by atoms with Crippen LogP contribution in [0.4, 0.5) is 0 Å². The first-order valence-electron chi connectivity index (χ1n) is 5.86. The molecule has 0 aliphatic carbocycles. The number of nitrogens with zero attached hydrogens (tertiary/aromatic N) is 1. The Hall–Kier alpha value is -0.650. The van der Waals surface area contributed by atoms with Crippen LogP contribution in [-0.2, 0) is 14.3 Å². The molecule has 2 aliphatic rings. The molecule has 1 N–H and O–H groups in total. The van der Waals surface area contributed by atoms with E-state index in [4.69, 9.17) is 14.6 Å². The second-order valence-corrected chi connectivity index (χ2v) is 4.58. The van der Waals surface area contributed by atoms with E-state index in [2.05, 4.69) is 11.9 Å². The maximum absolute atomic E-state index is 10.4. The largest absolute Gasteiger partial charge is 0.481 e. The summed E-state index contributed by atoms with van der Waals surface area (Å²) in [6, 6.07) is 0.342. The molecule has 0 amide bonds. The zero-order valence-corrected chi connectivity index (χ0v) is 9.59. The molecule has 5 heteroatoms. The van der Waals surface area contributed by atoms with Crippen molar-refractivity contribution in [3.8, 4) is 0 Å². The highest BCUT2D eigenvalue weighted by molar-refractivity contribution is 5.66. The van der Waals surface area contributed by atoms with Crippen LogP contribution in [-0.4, -0.2) is 54.6 Å². The first kappa shape index (κ1) is 11.8. The monoisotopic (exact) mass is 229 g/mol. The fraction of sp³-hybridized carbons (Fsp3) is 0.909. The highest BCUT2D eigenvalue weighted by Crippen LogP contribution is 2.26. The molecule has 5 nitrogen and oxygen atoms in total. The Labute approximate surface area is 95.3 Å². The van der Waals surface area contributed by atoms with Gasteiger partial charge in [0.2, 0.25) is 0 Å². The molecule has 0 aromatic carbocycles. The van der Waals surface area contributed by atoms with Gasteiger partial charge in [-0.25, -0.2) is 0 Å². The topological polar surface area (TPSA) is 59.0 Å². The molecule has 16 heavy (non-hydrogen) atoms. The van der Waals surface area contributed by atoms with Gasteiger partial charge in [0.25, 0.3) is 0 Å². The Morgan fingerprint density at radius 2 is 2.38 bits per heavy atom. The zero-order chi connectivity index (χ0) is 11.5. The van der Waals surface area contributed by atoms with Gasteiger partial charge in [0, 0.05) is 6.42 Å². The quantitative estimate of drug-likeness (QED) is 0.768. The van der Waals surface area contributed by atoms with Crippen LogP contribution in [0.5, 0.6) is 0 Å². The SMILES string of the molecule is CN1CCCC1C1OCC(CCC(=O)O)O1. The first-order valence-corrected chi connectivity index (χ1v) is 5.86. The lowest BCUT2D eigenvalue weighted by Crippen LogP contribution is -2.37. The van der Waals surface area contributed by atoms with Gasteiger partial charge in [-0.3, -0.25) is 9.69 Å². The third-order valence-corrected chi connectivity index (χ3v) is 3.34. The van der Waals surface area contributed by atoms with Crippen LogP contribution in [0.1, 0.15) is 25.7 Å². The molecule has 0 radical (unpaired) electrons. The molecular weight excluding hydrogens is 210 g/mol. The minimum atomic E-state index is -0.773. The summed E-state index contributed by atoms with van der Waals surface area (Å²) in [6.07, 6.45) is 2.78. The molecule has 3 atom stereocenters. The highest BCUT2D eigenvalue weighted by atomic mass is 16.7. The minimum absolute atomic E-state index is 0.0462. The smallest absolute Gasteiger partial charge is 0.303 e.